The molecule has 5 rings (SSSR count). The summed E-state index contributed by atoms with van der Waals surface area (Å²) in [6.07, 6.45) is 6.10. The van der Waals surface area contributed by atoms with Crippen LogP contribution in [0.1, 0.15) is 52.9 Å². The van der Waals surface area contributed by atoms with Gasteiger partial charge < -0.3 is 10.2 Å². The van der Waals surface area contributed by atoms with Crippen LogP contribution in [0, 0.1) is 45.8 Å². The molecule has 30 heavy (non-hydrogen) atoms. The summed E-state index contributed by atoms with van der Waals surface area (Å²) in [7, 11) is 0. The summed E-state index contributed by atoms with van der Waals surface area (Å²) in [6.45, 7) is 6.08. The third-order valence-corrected chi connectivity index (χ3v) is 10.3. The van der Waals surface area contributed by atoms with E-state index in [4.69, 9.17) is 11.6 Å². The average molecular weight is 433 g/mol. The number of fused-ring (bicyclic) bond motifs is 7. The number of carboxylic acids is 1. The maximum atomic E-state index is 12.9. The topological polar surface area (TPSA) is 91.7 Å². The van der Waals surface area contributed by atoms with Crippen LogP contribution >= 0.6 is 11.6 Å². The maximum absolute atomic E-state index is 12.9. The van der Waals surface area contributed by atoms with Gasteiger partial charge in [-0.05, 0) is 79.8 Å². The number of aliphatic hydroxyl groups excluding tert-OH is 1. The fourth-order valence-corrected chi connectivity index (χ4v) is 8.81. The third-order valence-electron chi connectivity index (χ3n) is 9.95. The Morgan fingerprint density at radius 1 is 1.20 bits per heavy atom. The van der Waals surface area contributed by atoms with Gasteiger partial charge in [0.05, 0.1) is 5.41 Å². The molecule has 5 aliphatic carbocycles. The van der Waals surface area contributed by atoms with Gasteiger partial charge in [0.15, 0.2) is 11.9 Å². The zero-order chi connectivity index (χ0) is 21.8. The predicted octanol–water partition coefficient (Wildman–Crippen LogP) is 3.74. The van der Waals surface area contributed by atoms with Crippen LogP contribution in [0.25, 0.3) is 0 Å². The lowest BCUT2D eigenvalue weighted by molar-refractivity contribution is -0.155. The highest BCUT2D eigenvalue weighted by molar-refractivity contribution is 6.32. The van der Waals surface area contributed by atoms with Gasteiger partial charge in [-0.15, -0.1) is 0 Å². The molecule has 0 heterocycles. The van der Waals surface area contributed by atoms with E-state index in [0.717, 1.165) is 31.3 Å². The van der Waals surface area contributed by atoms with Crippen molar-refractivity contribution in [3.05, 3.63) is 22.8 Å². The van der Waals surface area contributed by atoms with Crippen LogP contribution < -0.4 is 0 Å². The van der Waals surface area contributed by atoms with Crippen LogP contribution in [0.4, 0.5) is 0 Å². The number of rotatable bonds is 3. The number of carboxylic acid groups (broad SMARTS) is 1. The maximum Gasteiger partial charge on any atom is 0.333 e. The SMILES string of the molecule is CC(=O)[C@H]1CC[C@H]2[C@@H]3C=C(Cl)C4=CC(=O)[C@]5(C(O)C(=O)O)C[C@@H]5[C@]4(C)[C@H]3CC[C@]12C. The van der Waals surface area contributed by atoms with Crippen LogP contribution in [-0.4, -0.2) is 33.9 Å². The lowest BCUT2D eigenvalue weighted by atomic mass is 9.47. The molecule has 9 atom stereocenters. The number of aliphatic hydroxyl groups is 1. The molecule has 5 aliphatic rings. The molecule has 0 saturated heterocycles. The van der Waals surface area contributed by atoms with Crippen molar-refractivity contribution in [2.75, 3.05) is 0 Å². The second-order valence-electron chi connectivity index (χ2n) is 10.8. The van der Waals surface area contributed by atoms with Crippen molar-refractivity contribution >= 4 is 29.1 Å². The van der Waals surface area contributed by atoms with Crippen molar-refractivity contribution in [1.82, 2.24) is 0 Å². The molecule has 0 spiro atoms. The fraction of sp³-hybridized carbons (Fsp3) is 0.708. The zero-order valence-corrected chi connectivity index (χ0v) is 18.4. The number of ketones is 2. The molecule has 0 aromatic carbocycles. The first-order valence-corrected chi connectivity index (χ1v) is 11.4. The quantitative estimate of drug-likeness (QED) is 0.708. The van der Waals surface area contributed by atoms with Gasteiger partial charge in [-0.2, -0.15) is 0 Å². The third kappa shape index (κ3) is 2.21. The molecule has 0 aromatic heterocycles. The van der Waals surface area contributed by atoms with Crippen molar-refractivity contribution in [2.24, 2.45) is 45.8 Å². The molecule has 0 amide bonds. The van der Waals surface area contributed by atoms with Crippen LogP contribution in [-0.2, 0) is 14.4 Å². The van der Waals surface area contributed by atoms with E-state index in [0.29, 0.717) is 17.4 Å². The number of carbonyl (C=O) groups is 3. The summed E-state index contributed by atoms with van der Waals surface area (Å²) in [5, 5.41) is 20.5. The molecule has 2 N–H and O–H groups in total. The lowest BCUT2D eigenvalue weighted by Crippen LogP contribution is -2.53. The number of hydrogen-bond donors (Lipinski definition) is 2. The van der Waals surface area contributed by atoms with Crippen molar-refractivity contribution < 1.29 is 24.6 Å². The van der Waals surface area contributed by atoms with Crippen molar-refractivity contribution in [2.45, 2.75) is 59.0 Å². The highest BCUT2D eigenvalue weighted by Crippen LogP contribution is 2.76. The van der Waals surface area contributed by atoms with Gasteiger partial charge in [0.2, 0.25) is 0 Å². The Kier molecular flexibility index (Phi) is 4.14. The molecule has 0 radical (unpaired) electrons. The molecule has 0 bridgehead atoms. The van der Waals surface area contributed by atoms with Gasteiger partial charge in [0.1, 0.15) is 5.78 Å². The number of allylic oxidation sites excluding steroid dienone is 4. The molecule has 3 saturated carbocycles. The Morgan fingerprint density at radius 3 is 2.53 bits per heavy atom. The van der Waals surface area contributed by atoms with E-state index in [1.54, 1.807) is 6.92 Å². The summed E-state index contributed by atoms with van der Waals surface area (Å²) in [6, 6.07) is 0. The number of carbonyl (C=O) groups excluding carboxylic acids is 2. The predicted molar refractivity (Wildman–Crippen MR) is 111 cm³/mol. The number of Topliss-reactive ketones (excluding diaryl/α,β-unsaturated/α-hetero) is 1. The molecule has 0 aromatic rings. The van der Waals surface area contributed by atoms with Gasteiger partial charge in [-0.3, -0.25) is 9.59 Å². The summed E-state index contributed by atoms with van der Waals surface area (Å²) in [5.74, 6) is -0.713. The summed E-state index contributed by atoms with van der Waals surface area (Å²) >= 11 is 6.77. The molecular formula is C24H29ClO5. The first kappa shape index (κ1) is 20.4. The second kappa shape index (κ2) is 6.07. The average Bonchev–Trinajstić information content (AvgIpc) is 3.34. The first-order valence-electron chi connectivity index (χ1n) is 11.0. The van der Waals surface area contributed by atoms with Gasteiger partial charge in [-0.25, -0.2) is 4.79 Å². The molecule has 1 unspecified atom stereocenters. The summed E-state index contributed by atoms with van der Waals surface area (Å²) < 4.78 is 0. The van der Waals surface area contributed by atoms with Crippen molar-refractivity contribution in [3.63, 3.8) is 0 Å². The van der Waals surface area contributed by atoms with Gasteiger partial charge >= 0.3 is 5.97 Å². The van der Waals surface area contributed by atoms with Crippen molar-refractivity contribution in [3.8, 4) is 0 Å². The van der Waals surface area contributed by atoms with Gasteiger partial charge in [-0.1, -0.05) is 31.5 Å². The molecular weight excluding hydrogens is 404 g/mol. The first-order chi connectivity index (χ1) is 14.0. The minimum atomic E-state index is -1.69. The van der Waals surface area contributed by atoms with E-state index in [1.807, 2.05) is 0 Å². The molecule has 6 heteroatoms. The van der Waals surface area contributed by atoms with Crippen LogP contribution in [0.15, 0.2) is 22.8 Å². The van der Waals surface area contributed by atoms with Crippen LogP contribution in [0.2, 0.25) is 0 Å². The number of halogens is 1. The van der Waals surface area contributed by atoms with Gasteiger partial charge in [0.25, 0.3) is 0 Å². The Labute approximate surface area is 181 Å². The number of aliphatic carboxylic acids is 1. The van der Waals surface area contributed by atoms with E-state index in [-0.39, 0.29) is 40.7 Å². The Balaban J connectivity index is 1.59. The van der Waals surface area contributed by atoms with E-state index < -0.39 is 22.9 Å². The van der Waals surface area contributed by atoms with E-state index >= 15 is 0 Å². The molecule has 0 aliphatic heterocycles. The van der Waals surface area contributed by atoms with E-state index in [1.165, 1.54) is 6.08 Å². The van der Waals surface area contributed by atoms with E-state index in [9.17, 15) is 24.6 Å². The Hall–Kier alpha value is -1.46. The highest BCUT2D eigenvalue weighted by Gasteiger charge is 2.76. The molecule has 162 valence electrons. The van der Waals surface area contributed by atoms with Gasteiger partial charge in [0, 0.05) is 16.4 Å². The largest absolute Gasteiger partial charge is 0.479 e. The monoisotopic (exact) mass is 432 g/mol. The number of hydrogen-bond acceptors (Lipinski definition) is 4. The summed E-state index contributed by atoms with van der Waals surface area (Å²) in [5.41, 5.74) is -0.877. The molecule has 5 nitrogen and oxygen atoms in total. The second-order valence-corrected chi connectivity index (χ2v) is 11.2. The smallest absolute Gasteiger partial charge is 0.333 e. The minimum Gasteiger partial charge on any atom is -0.479 e. The standard InChI is InChI=1S/C24H29ClO5/c1-11(26)13-4-5-14-12-8-17(25)16-9-19(27)24(20(28)21(29)30)10-18(24)23(16,3)15(12)6-7-22(13,14)2/h8-9,12-15,18,20,28H,4-7,10H2,1-3H3,(H,29,30)/t12-,13+,14-,15-,18+,20?,22+,23+,24-/m0/s1. The highest BCUT2D eigenvalue weighted by atomic mass is 35.5. The fourth-order valence-electron chi connectivity index (χ4n) is 8.40. The Bertz CT molecular complexity index is 936. The minimum absolute atomic E-state index is 0.0377. The summed E-state index contributed by atoms with van der Waals surface area (Å²) in [4.78, 5) is 36.8. The Morgan fingerprint density at radius 2 is 1.90 bits per heavy atom. The lowest BCUT2D eigenvalue weighted by Gasteiger charge is -2.57. The van der Waals surface area contributed by atoms with Crippen LogP contribution in [0.3, 0.4) is 0 Å². The van der Waals surface area contributed by atoms with E-state index in [2.05, 4.69) is 19.9 Å². The van der Waals surface area contributed by atoms with Crippen molar-refractivity contribution in [1.29, 1.82) is 0 Å². The van der Waals surface area contributed by atoms with Crippen LogP contribution in [0.5, 0.6) is 0 Å². The normalized spacial score (nSPS) is 49.6. The zero-order valence-electron chi connectivity index (χ0n) is 17.7. The molecule has 3 fully saturated rings.